The van der Waals surface area contributed by atoms with E-state index in [1.165, 1.54) is 19.3 Å². The SMILES string of the molecule is O=C(Nc1ccc2c(c1)OCCO2)N1CCN(c2ccc(-c3noc(C4CCCCC4)n3)cc2)CC1. The van der Waals surface area contributed by atoms with Crippen LogP contribution in [0.4, 0.5) is 16.2 Å². The van der Waals surface area contributed by atoms with E-state index >= 15 is 0 Å². The minimum Gasteiger partial charge on any atom is -0.486 e. The molecule has 1 aromatic heterocycles. The number of hydrogen-bond donors (Lipinski definition) is 1. The summed E-state index contributed by atoms with van der Waals surface area (Å²) >= 11 is 0. The molecule has 1 aliphatic carbocycles. The highest BCUT2D eigenvalue weighted by Gasteiger charge is 2.24. The zero-order chi connectivity index (χ0) is 24.3. The van der Waals surface area contributed by atoms with Crippen LogP contribution in [-0.4, -0.2) is 60.5 Å². The Morgan fingerprint density at radius 2 is 1.64 bits per heavy atom. The lowest BCUT2D eigenvalue weighted by molar-refractivity contribution is 0.171. The molecule has 2 aromatic carbocycles. The number of benzene rings is 2. The van der Waals surface area contributed by atoms with Crippen molar-refractivity contribution in [3.8, 4) is 22.9 Å². The quantitative estimate of drug-likeness (QED) is 0.557. The van der Waals surface area contributed by atoms with Crippen molar-refractivity contribution in [1.29, 1.82) is 0 Å². The average Bonchev–Trinajstić information content (AvgIpc) is 3.44. The number of anilines is 2. The Bertz CT molecular complexity index is 1200. The molecule has 2 fully saturated rings. The van der Waals surface area contributed by atoms with Crippen molar-refractivity contribution in [2.75, 3.05) is 49.6 Å². The lowest BCUT2D eigenvalue weighted by Crippen LogP contribution is -2.50. The van der Waals surface area contributed by atoms with Crippen molar-refractivity contribution in [1.82, 2.24) is 15.0 Å². The average molecular weight is 490 g/mol. The van der Waals surface area contributed by atoms with E-state index in [1.54, 1.807) is 0 Å². The van der Waals surface area contributed by atoms with Gasteiger partial charge in [-0.1, -0.05) is 24.4 Å². The standard InChI is InChI=1S/C27H31N5O4/c33-27(28-21-8-11-23-24(18-21)35-17-16-34-23)32-14-12-31(13-15-32)22-9-6-19(7-10-22)25-29-26(36-30-25)20-4-2-1-3-5-20/h6-11,18,20H,1-5,12-17H2,(H,28,33). The molecule has 36 heavy (non-hydrogen) atoms. The number of rotatable bonds is 4. The molecule has 1 saturated carbocycles. The first-order valence-electron chi connectivity index (χ1n) is 12.9. The van der Waals surface area contributed by atoms with Crippen molar-refractivity contribution in [2.24, 2.45) is 0 Å². The van der Waals surface area contributed by atoms with Crippen molar-refractivity contribution in [3.63, 3.8) is 0 Å². The molecule has 0 radical (unpaired) electrons. The summed E-state index contributed by atoms with van der Waals surface area (Å²) in [6.07, 6.45) is 6.06. The summed E-state index contributed by atoms with van der Waals surface area (Å²) in [5, 5.41) is 7.20. The molecule has 3 aromatic rings. The molecule has 0 bridgehead atoms. The normalized spacial score (nSPS) is 18.2. The van der Waals surface area contributed by atoms with Gasteiger partial charge in [-0.2, -0.15) is 4.98 Å². The van der Waals surface area contributed by atoms with Crippen LogP contribution in [0, 0.1) is 0 Å². The molecule has 3 heterocycles. The van der Waals surface area contributed by atoms with E-state index in [0.29, 0.717) is 55.2 Å². The number of ether oxygens (including phenoxy) is 2. The third-order valence-corrected chi connectivity index (χ3v) is 7.25. The van der Waals surface area contributed by atoms with Crippen LogP contribution in [0.3, 0.4) is 0 Å². The Morgan fingerprint density at radius 1 is 0.889 bits per heavy atom. The smallest absolute Gasteiger partial charge is 0.321 e. The number of hydrogen-bond acceptors (Lipinski definition) is 7. The first-order chi connectivity index (χ1) is 17.7. The summed E-state index contributed by atoms with van der Waals surface area (Å²) in [5.41, 5.74) is 2.79. The van der Waals surface area contributed by atoms with Gasteiger partial charge in [0.15, 0.2) is 11.5 Å². The van der Waals surface area contributed by atoms with E-state index < -0.39 is 0 Å². The van der Waals surface area contributed by atoms with Crippen LogP contribution in [0.2, 0.25) is 0 Å². The van der Waals surface area contributed by atoms with Crippen molar-refractivity contribution in [2.45, 2.75) is 38.0 Å². The first-order valence-corrected chi connectivity index (χ1v) is 12.9. The zero-order valence-electron chi connectivity index (χ0n) is 20.3. The molecule has 0 unspecified atom stereocenters. The van der Waals surface area contributed by atoms with Crippen LogP contribution in [0.25, 0.3) is 11.4 Å². The number of urea groups is 1. The van der Waals surface area contributed by atoms with Crippen LogP contribution in [0.5, 0.6) is 11.5 Å². The maximum atomic E-state index is 12.8. The number of nitrogens with zero attached hydrogens (tertiary/aromatic N) is 4. The molecular weight excluding hydrogens is 458 g/mol. The van der Waals surface area contributed by atoms with E-state index in [4.69, 9.17) is 14.0 Å². The predicted molar refractivity (Wildman–Crippen MR) is 136 cm³/mol. The lowest BCUT2D eigenvalue weighted by Gasteiger charge is -2.36. The second kappa shape index (κ2) is 10.1. The monoisotopic (exact) mass is 489 g/mol. The molecule has 9 nitrogen and oxygen atoms in total. The molecule has 6 rings (SSSR count). The van der Waals surface area contributed by atoms with Crippen molar-refractivity contribution in [3.05, 3.63) is 48.4 Å². The number of amides is 2. The van der Waals surface area contributed by atoms with Gasteiger partial charge >= 0.3 is 6.03 Å². The fourth-order valence-electron chi connectivity index (χ4n) is 5.18. The zero-order valence-corrected chi connectivity index (χ0v) is 20.3. The predicted octanol–water partition coefficient (Wildman–Crippen LogP) is 4.91. The minimum absolute atomic E-state index is 0.104. The molecular formula is C27H31N5O4. The molecule has 2 aliphatic heterocycles. The number of carbonyl (C=O) groups excluding carboxylic acids is 1. The number of fused-ring (bicyclic) bond motifs is 1. The summed E-state index contributed by atoms with van der Waals surface area (Å²) in [5.74, 6) is 3.21. The van der Waals surface area contributed by atoms with Gasteiger partial charge in [0.2, 0.25) is 11.7 Å². The molecule has 2 amide bonds. The minimum atomic E-state index is -0.104. The van der Waals surface area contributed by atoms with Crippen molar-refractivity contribution < 1.29 is 18.8 Å². The summed E-state index contributed by atoms with van der Waals surface area (Å²) in [7, 11) is 0. The van der Waals surface area contributed by atoms with E-state index in [9.17, 15) is 4.79 Å². The van der Waals surface area contributed by atoms with E-state index in [1.807, 2.05) is 35.2 Å². The molecule has 3 aliphatic rings. The van der Waals surface area contributed by atoms with E-state index in [-0.39, 0.29) is 6.03 Å². The molecule has 1 N–H and O–H groups in total. The Labute approximate surface area is 210 Å². The second-order valence-corrected chi connectivity index (χ2v) is 9.60. The van der Waals surface area contributed by atoms with Gasteiger partial charge in [-0.05, 0) is 49.2 Å². The highest BCUT2D eigenvalue weighted by atomic mass is 16.6. The third-order valence-electron chi connectivity index (χ3n) is 7.25. The number of aromatic nitrogens is 2. The Kier molecular flexibility index (Phi) is 6.36. The lowest BCUT2D eigenvalue weighted by atomic mass is 9.89. The number of carbonyl (C=O) groups is 1. The Balaban J connectivity index is 1.03. The summed E-state index contributed by atoms with van der Waals surface area (Å²) in [4.78, 5) is 21.6. The van der Waals surface area contributed by atoms with Crippen LogP contribution < -0.4 is 19.7 Å². The largest absolute Gasteiger partial charge is 0.486 e. The Morgan fingerprint density at radius 3 is 2.42 bits per heavy atom. The molecule has 0 atom stereocenters. The highest BCUT2D eigenvalue weighted by molar-refractivity contribution is 5.90. The van der Waals surface area contributed by atoms with Crippen LogP contribution >= 0.6 is 0 Å². The fourth-order valence-corrected chi connectivity index (χ4v) is 5.18. The number of piperazine rings is 1. The second-order valence-electron chi connectivity index (χ2n) is 9.60. The number of nitrogens with one attached hydrogen (secondary N) is 1. The van der Waals surface area contributed by atoms with Crippen LogP contribution in [0.15, 0.2) is 47.0 Å². The molecule has 1 saturated heterocycles. The van der Waals surface area contributed by atoms with E-state index in [2.05, 4.69) is 32.5 Å². The van der Waals surface area contributed by atoms with Gasteiger partial charge in [0.25, 0.3) is 0 Å². The summed E-state index contributed by atoms with van der Waals surface area (Å²) in [6.45, 7) is 3.89. The molecule has 0 spiro atoms. The van der Waals surface area contributed by atoms with Gasteiger partial charge in [-0.3, -0.25) is 0 Å². The van der Waals surface area contributed by atoms with E-state index in [0.717, 1.165) is 43.1 Å². The molecule has 9 heteroatoms. The van der Waals surface area contributed by atoms with Crippen LogP contribution in [-0.2, 0) is 0 Å². The van der Waals surface area contributed by atoms with Gasteiger partial charge in [0.05, 0.1) is 0 Å². The first kappa shape index (κ1) is 22.7. The highest BCUT2D eigenvalue weighted by Crippen LogP contribution is 2.34. The van der Waals surface area contributed by atoms with Gasteiger partial charge in [0.1, 0.15) is 13.2 Å². The maximum absolute atomic E-state index is 12.8. The molecule has 188 valence electrons. The third kappa shape index (κ3) is 4.82. The maximum Gasteiger partial charge on any atom is 0.321 e. The van der Waals surface area contributed by atoms with Crippen molar-refractivity contribution >= 4 is 17.4 Å². The van der Waals surface area contributed by atoms with Gasteiger partial charge in [-0.15, -0.1) is 0 Å². The van der Waals surface area contributed by atoms with Gasteiger partial charge in [-0.25, -0.2) is 4.79 Å². The topological polar surface area (TPSA) is 93.0 Å². The summed E-state index contributed by atoms with van der Waals surface area (Å²) in [6, 6.07) is 13.7. The van der Waals surface area contributed by atoms with Crippen LogP contribution in [0.1, 0.15) is 43.9 Å². The summed E-state index contributed by atoms with van der Waals surface area (Å²) < 4.78 is 16.7. The van der Waals surface area contributed by atoms with Gasteiger partial charge < -0.3 is 29.1 Å². The van der Waals surface area contributed by atoms with Gasteiger partial charge in [0, 0.05) is 55.1 Å². The Hall–Kier alpha value is -3.75. The fraction of sp³-hybridized carbons (Fsp3) is 0.444.